The van der Waals surface area contributed by atoms with E-state index in [0.717, 1.165) is 25.8 Å². The summed E-state index contributed by atoms with van der Waals surface area (Å²) in [6.45, 7) is 2.50. The Labute approximate surface area is 108 Å². The zero-order valence-electron chi connectivity index (χ0n) is 10.7. The first-order chi connectivity index (χ1) is 8.75. The van der Waals surface area contributed by atoms with Gasteiger partial charge in [0.2, 0.25) is 0 Å². The lowest BCUT2D eigenvalue weighted by Crippen LogP contribution is -2.47. The summed E-state index contributed by atoms with van der Waals surface area (Å²) in [6, 6.07) is 0.394. The molecule has 1 heterocycles. The van der Waals surface area contributed by atoms with Crippen molar-refractivity contribution in [2.24, 2.45) is 5.92 Å². The Morgan fingerprint density at radius 2 is 2.28 bits per heavy atom. The molecule has 0 saturated heterocycles. The van der Waals surface area contributed by atoms with Gasteiger partial charge in [-0.1, -0.05) is 24.3 Å². The van der Waals surface area contributed by atoms with Gasteiger partial charge >= 0.3 is 5.97 Å². The molecule has 0 radical (unpaired) electrons. The summed E-state index contributed by atoms with van der Waals surface area (Å²) in [7, 11) is 0. The first kappa shape index (κ1) is 11.7. The lowest BCUT2D eigenvalue weighted by molar-refractivity contribution is -0.145. The van der Waals surface area contributed by atoms with E-state index in [9.17, 15) is 4.79 Å². The molecule has 2 aliphatic carbocycles. The quantitative estimate of drug-likeness (QED) is 0.719. The van der Waals surface area contributed by atoms with Gasteiger partial charge in [-0.3, -0.25) is 4.79 Å². The van der Waals surface area contributed by atoms with Crippen LogP contribution in [-0.2, 0) is 9.53 Å². The monoisotopic (exact) mass is 245 g/mol. The predicted octanol–water partition coefficient (Wildman–Crippen LogP) is 2.11. The van der Waals surface area contributed by atoms with Gasteiger partial charge in [-0.15, -0.1) is 0 Å². The largest absolute Gasteiger partial charge is 0.458 e. The molecule has 0 aromatic carbocycles. The molecule has 1 saturated carbocycles. The first-order valence-electron chi connectivity index (χ1n) is 6.75. The fourth-order valence-corrected chi connectivity index (χ4v) is 3.31. The summed E-state index contributed by atoms with van der Waals surface area (Å²) in [6.07, 6.45) is 11.8. The van der Waals surface area contributed by atoms with Crippen LogP contribution in [0.15, 0.2) is 35.5 Å². The molecule has 96 valence electrons. The maximum atomic E-state index is 11.2. The lowest BCUT2D eigenvalue weighted by Gasteiger charge is -2.40. The predicted molar refractivity (Wildman–Crippen MR) is 70.0 cm³/mol. The molecule has 3 nitrogen and oxygen atoms in total. The maximum absolute atomic E-state index is 11.2. The van der Waals surface area contributed by atoms with E-state index in [0.29, 0.717) is 12.0 Å². The van der Waals surface area contributed by atoms with Crippen molar-refractivity contribution in [3.63, 3.8) is 0 Å². The van der Waals surface area contributed by atoms with Crippen LogP contribution in [0.3, 0.4) is 0 Å². The topological polar surface area (TPSA) is 38.3 Å². The number of carbonyl (C=O) groups excluding carboxylic acids is 1. The highest BCUT2D eigenvalue weighted by molar-refractivity contribution is 5.66. The molecule has 1 fully saturated rings. The fourth-order valence-electron chi connectivity index (χ4n) is 3.31. The third-order valence-corrected chi connectivity index (χ3v) is 4.04. The summed E-state index contributed by atoms with van der Waals surface area (Å²) >= 11 is 0. The zero-order chi connectivity index (χ0) is 12.5. The van der Waals surface area contributed by atoms with Gasteiger partial charge < -0.3 is 10.1 Å². The van der Waals surface area contributed by atoms with Crippen LogP contribution >= 0.6 is 0 Å². The highest BCUT2D eigenvalue weighted by atomic mass is 16.5. The number of ether oxygens (including phenoxy) is 1. The molecule has 0 spiro atoms. The summed E-state index contributed by atoms with van der Waals surface area (Å²) in [5, 5.41) is 3.59. The second kappa shape index (κ2) is 4.73. The molecule has 0 amide bonds. The van der Waals surface area contributed by atoms with Crippen LogP contribution in [0, 0.1) is 5.92 Å². The molecule has 3 rings (SSSR count). The maximum Gasteiger partial charge on any atom is 0.303 e. The van der Waals surface area contributed by atoms with Crippen molar-refractivity contribution in [1.29, 1.82) is 0 Å². The highest BCUT2D eigenvalue weighted by Gasteiger charge is 2.36. The van der Waals surface area contributed by atoms with Crippen molar-refractivity contribution < 1.29 is 9.53 Å². The third kappa shape index (κ3) is 2.03. The molecule has 0 aromatic rings. The Balaban J connectivity index is 1.97. The van der Waals surface area contributed by atoms with Gasteiger partial charge in [0.1, 0.15) is 6.10 Å². The minimum Gasteiger partial charge on any atom is -0.458 e. The molecular formula is C15H19NO2. The number of hydrogen-bond acceptors (Lipinski definition) is 3. The number of nitrogens with one attached hydrogen (secondary N) is 1. The molecule has 0 aromatic heterocycles. The highest BCUT2D eigenvalue weighted by Crippen LogP contribution is 2.36. The number of fused-ring (bicyclic) bond motifs is 2. The Morgan fingerprint density at radius 3 is 3.11 bits per heavy atom. The molecule has 3 heteroatoms. The zero-order valence-corrected chi connectivity index (χ0v) is 10.7. The van der Waals surface area contributed by atoms with Crippen LogP contribution in [0.2, 0.25) is 0 Å². The number of carbonyl (C=O) groups is 1. The number of esters is 1. The molecule has 1 N–H and O–H groups in total. The minimum absolute atomic E-state index is 0.0253. The SMILES string of the molecule is CC(=O)OC1CCCC2NCC3C=CC=CC3=C21. The summed E-state index contributed by atoms with van der Waals surface area (Å²) in [5.41, 5.74) is 2.68. The Hall–Kier alpha value is -1.35. The van der Waals surface area contributed by atoms with E-state index in [2.05, 4.69) is 29.6 Å². The Bertz CT molecular complexity index is 447. The summed E-state index contributed by atoms with van der Waals surface area (Å²) in [4.78, 5) is 11.2. The molecule has 3 aliphatic rings. The van der Waals surface area contributed by atoms with Crippen molar-refractivity contribution in [3.05, 3.63) is 35.5 Å². The van der Waals surface area contributed by atoms with Crippen molar-refractivity contribution >= 4 is 5.97 Å². The molecule has 3 unspecified atom stereocenters. The van der Waals surface area contributed by atoms with E-state index in [1.807, 2.05) is 0 Å². The molecule has 1 aliphatic heterocycles. The van der Waals surface area contributed by atoms with Gasteiger partial charge in [0, 0.05) is 25.4 Å². The van der Waals surface area contributed by atoms with Gasteiger partial charge in [-0.2, -0.15) is 0 Å². The summed E-state index contributed by atoms with van der Waals surface area (Å²) in [5.74, 6) is 0.267. The van der Waals surface area contributed by atoms with Gasteiger partial charge in [-0.25, -0.2) is 0 Å². The van der Waals surface area contributed by atoms with Gasteiger partial charge in [0.15, 0.2) is 0 Å². The van der Waals surface area contributed by atoms with Crippen molar-refractivity contribution in [2.45, 2.75) is 38.3 Å². The van der Waals surface area contributed by atoms with Gasteiger partial charge in [0.25, 0.3) is 0 Å². The normalized spacial score (nSPS) is 33.9. The van der Waals surface area contributed by atoms with Gasteiger partial charge in [0.05, 0.1) is 0 Å². The third-order valence-electron chi connectivity index (χ3n) is 4.04. The van der Waals surface area contributed by atoms with Crippen LogP contribution in [0.4, 0.5) is 0 Å². The molecule has 3 atom stereocenters. The number of hydrogen-bond donors (Lipinski definition) is 1. The van der Waals surface area contributed by atoms with Crippen LogP contribution in [0.5, 0.6) is 0 Å². The second-order valence-corrected chi connectivity index (χ2v) is 5.25. The van der Waals surface area contributed by atoms with E-state index >= 15 is 0 Å². The van der Waals surface area contributed by atoms with Crippen LogP contribution < -0.4 is 5.32 Å². The van der Waals surface area contributed by atoms with E-state index in [1.165, 1.54) is 18.1 Å². The molecule has 0 bridgehead atoms. The smallest absolute Gasteiger partial charge is 0.303 e. The molecular weight excluding hydrogens is 226 g/mol. The first-order valence-corrected chi connectivity index (χ1v) is 6.75. The average Bonchev–Trinajstić information content (AvgIpc) is 2.38. The number of allylic oxidation sites excluding steroid dienone is 3. The van der Waals surface area contributed by atoms with Gasteiger partial charge in [-0.05, 0) is 30.4 Å². The van der Waals surface area contributed by atoms with Crippen molar-refractivity contribution in [3.8, 4) is 0 Å². The van der Waals surface area contributed by atoms with Crippen LogP contribution in [0.1, 0.15) is 26.2 Å². The van der Waals surface area contributed by atoms with E-state index in [4.69, 9.17) is 4.74 Å². The van der Waals surface area contributed by atoms with E-state index < -0.39 is 0 Å². The Kier molecular flexibility index (Phi) is 3.08. The number of rotatable bonds is 1. The van der Waals surface area contributed by atoms with Crippen LogP contribution in [0.25, 0.3) is 0 Å². The average molecular weight is 245 g/mol. The van der Waals surface area contributed by atoms with E-state index in [-0.39, 0.29) is 12.1 Å². The molecule has 18 heavy (non-hydrogen) atoms. The Morgan fingerprint density at radius 1 is 1.39 bits per heavy atom. The minimum atomic E-state index is -0.175. The van der Waals surface area contributed by atoms with E-state index in [1.54, 1.807) is 0 Å². The van der Waals surface area contributed by atoms with Crippen molar-refractivity contribution in [1.82, 2.24) is 5.32 Å². The fraction of sp³-hybridized carbons (Fsp3) is 0.533. The standard InChI is InChI=1S/C15H19NO2/c1-10(17)18-14-8-4-7-13-15(14)12-6-3-2-5-11(12)9-16-13/h2-3,5-6,11,13-14,16H,4,7-9H2,1H3. The second-order valence-electron chi connectivity index (χ2n) is 5.25. The summed E-state index contributed by atoms with van der Waals surface area (Å²) < 4.78 is 5.51. The lowest BCUT2D eigenvalue weighted by atomic mass is 9.76. The van der Waals surface area contributed by atoms with Crippen molar-refractivity contribution in [2.75, 3.05) is 6.54 Å². The van der Waals surface area contributed by atoms with Crippen LogP contribution in [-0.4, -0.2) is 24.7 Å².